The molecule has 20 heavy (non-hydrogen) atoms. The molecule has 2 rings (SSSR count). The summed E-state index contributed by atoms with van der Waals surface area (Å²) in [5, 5.41) is 18.4. The first kappa shape index (κ1) is 14.0. The van der Waals surface area contributed by atoms with Crippen molar-refractivity contribution < 1.29 is 14.2 Å². The van der Waals surface area contributed by atoms with Gasteiger partial charge >= 0.3 is 0 Å². The molecule has 0 aliphatic carbocycles. The molecule has 0 saturated carbocycles. The van der Waals surface area contributed by atoms with Gasteiger partial charge < -0.3 is 9.84 Å². The van der Waals surface area contributed by atoms with Crippen molar-refractivity contribution in [3.8, 4) is 17.6 Å². The Balaban J connectivity index is 2.36. The zero-order chi connectivity index (χ0) is 14.7. The number of nitrogens with zero attached hydrogens (tertiary/aromatic N) is 1. The first-order valence-electron chi connectivity index (χ1n) is 6.17. The maximum absolute atomic E-state index is 13.6. The molecule has 0 fully saturated rings. The smallest absolute Gasteiger partial charge is 0.133 e. The molecular formula is C16H14FNO2. The van der Waals surface area contributed by atoms with Gasteiger partial charge in [-0.3, -0.25) is 0 Å². The molecule has 4 heteroatoms. The highest BCUT2D eigenvalue weighted by atomic mass is 19.1. The third-order valence-corrected chi connectivity index (χ3v) is 2.95. The maximum Gasteiger partial charge on any atom is 0.133 e. The number of halogens is 1. The number of ether oxygens (including phenoxy) is 1. The molecule has 0 aliphatic rings. The highest BCUT2D eigenvalue weighted by molar-refractivity contribution is 5.43. The van der Waals surface area contributed by atoms with Crippen LogP contribution in [0.4, 0.5) is 4.39 Å². The van der Waals surface area contributed by atoms with E-state index in [4.69, 9.17) is 10.00 Å². The third-order valence-electron chi connectivity index (χ3n) is 2.95. The highest BCUT2D eigenvalue weighted by Gasteiger charge is 2.13. The van der Waals surface area contributed by atoms with Gasteiger partial charge in [-0.1, -0.05) is 0 Å². The largest absolute Gasteiger partial charge is 0.457 e. The zero-order valence-electron chi connectivity index (χ0n) is 11.2. The first-order valence-corrected chi connectivity index (χ1v) is 6.17. The average molecular weight is 271 g/mol. The van der Waals surface area contributed by atoms with Gasteiger partial charge in [0.2, 0.25) is 0 Å². The van der Waals surface area contributed by atoms with Crippen LogP contribution in [0, 0.1) is 24.1 Å². The van der Waals surface area contributed by atoms with Crippen LogP contribution in [0.15, 0.2) is 36.4 Å². The van der Waals surface area contributed by atoms with E-state index < -0.39 is 6.10 Å². The summed E-state index contributed by atoms with van der Waals surface area (Å²) >= 11 is 0. The van der Waals surface area contributed by atoms with Gasteiger partial charge in [-0.05, 0) is 55.8 Å². The minimum atomic E-state index is -0.835. The molecule has 3 nitrogen and oxygen atoms in total. The van der Waals surface area contributed by atoms with E-state index in [0.29, 0.717) is 28.2 Å². The summed E-state index contributed by atoms with van der Waals surface area (Å²) in [7, 11) is 0. The number of rotatable bonds is 3. The Hall–Kier alpha value is -2.38. The molecular weight excluding hydrogens is 257 g/mol. The molecule has 0 aliphatic heterocycles. The van der Waals surface area contributed by atoms with Crippen LogP contribution in [0.3, 0.4) is 0 Å². The highest BCUT2D eigenvalue weighted by Crippen LogP contribution is 2.32. The Morgan fingerprint density at radius 3 is 2.45 bits per heavy atom. The van der Waals surface area contributed by atoms with E-state index in [0.717, 1.165) is 0 Å². The molecule has 0 radical (unpaired) electrons. The van der Waals surface area contributed by atoms with Crippen molar-refractivity contribution in [3.63, 3.8) is 0 Å². The number of aryl methyl sites for hydroxylation is 1. The molecule has 0 spiro atoms. The number of hydrogen-bond donors (Lipinski definition) is 1. The first-order chi connectivity index (χ1) is 9.51. The second-order valence-corrected chi connectivity index (χ2v) is 4.55. The summed E-state index contributed by atoms with van der Waals surface area (Å²) in [6.07, 6.45) is -0.835. The van der Waals surface area contributed by atoms with E-state index in [1.807, 2.05) is 6.07 Å². The van der Waals surface area contributed by atoms with Crippen molar-refractivity contribution in [3.05, 3.63) is 58.9 Å². The number of aliphatic hydroxyl groups excluding tert-OH is 1. The van der Waals surface area contributed by atoms with Crippen molar-refractivity contribution in [2.24, 2.45) is 0 Å². The molecule has 0 heterocycles. The Bertz CT molecular complexity index is 657. The van der Waals surface area contributed by atoms with E-state index in [2.05, 4.69) is 0 Å². The molecule has 0 aromatic heterocycles. The minimum absolute atomic E-state index is 0.381. The van der Waals surface area contributed by atoms with Gasteiger partial charge in [0.25, 0.3) is 0 Å². The normalized spacial score (nSPS) is 11.8. The summed E-state index contributed by atoms with van der Waals surface area (Å²) in [6, 6.07) is 11.4. The zero-order valence-corrected chi connectivity index (χ0v) is 11.2. The standard InChI is InChI=1S/C16H14FNO2/c1-10-7-16(14(11(2)19)8-15(10)17)20-13-5-3-12(9-18)4-6-13/h3-8,11,19H,1-2H3/t11-/m0/s1. The van der Waals surface area contributed by atoms with E-state index in [9.17, 15) is 9.50 Å². The Morgan fingerprint density at radius 1 is 1.25 bits per heavy atom. The van der Waals surface area contributed by atoms with E-state index >= 15 is 0 Å². The van der Waals surface area contributed by atoms with Crippen molar-refractivity contribution in [1.29, 1.82) is 5.26 Å². The molecule has 2 aromatic carbocycles. The van der Waals surface area contributed by atoms with Crippen molar-refractivity contribution in [1.82, 2.24) is 0 Å². The number of nitriles is 1. The van der Waals surface area contributed by atoms with Crippen LogP contribution in [0.2, 0.25) is 0 Å². The predicted octanol–water partition coefficient (Wildman–Crippen LogP) is 3.85. The topological polar surface area (TPSA) is 53.2 Å². The lowest BCUT2D eigenvalue weighted by molar-refractivity contribution is 0.195. The molecule has 0 unspecified atom stereocenters. The minimum Gasteiger partial charge on any atom is -0.457 e. The lowest BCUT2D eigenvalue weighted by Gasteiger charge is -2.14. The summed E-state index contributed by atoms with van der Waals surface area (Å²) < 4.78 is 19.2. The van der Waals surface area contributed by atoms with Crippen molar-refractivity contribution >= 4 is 0 Å². The Labute approximate surface area is 116 Å². The van der Waals surface area contributed by atoms with Crippen LogP contribution in [0.5, 0.6) is 11.5 Å². The Morgan fingerprint density at radius 2 is 1.90 bits per heavy atom. The van der Waals surface area contributed by atoms with Gasteiger partial charge in [-0.25, -0.2) is 4.39 Å². The molecule has 102 valence electrons. The van der Waals surface area contributed by atoms with E-state index in [-0.39, 0.29) is 5.82 Å². The summed E-state index contributed by atoms with van der Waals surface area (Å²) in [6.45, 7) is 3.18. The second kappa shape index (κ2) is 5.72. The van der Waals surface area contributed by atoms with Crippen molar-refractivity contribution in [2.45, 2.75) is 20.0 Å². The van der Waals surface area contributed by atoms with Gasteiger partial charge in [0.15, 0.2) is 0 Å². The van der Waals surface area contributed by atoms with Crippen LogP contribution >= 0.6 is 0 Å². The fraction of sp³-hybridized carbons (Fsp3) is 0.188. The maximum atomic E-state index is 13.6. The van der Waals surface area contributed by atoms with Gasteiger partial charge in [0.05, 0.1) is 17.7 Å². The summed E-state index contributed by atoms with van der Waals surface area (Å²) in [4.78, 5) is 0. The molecule has 0 amide bonds. The molecule has 0 saturated heterocycles. The molecule has 1 N–H and O–H groups in total. The van der Waals surface area contributed by atoms with Crippen LogP contribution in [-0.4, -0.2) is 5.11 Å². The number of aliphatic hydroxyl groups is 1. The summed E-state index contributed by atoms with van der Waals surface area (Å²) in [5.74, 6) is 0.550. The molecule has 0 bridgehead atoms. The van der Waals surface area contributed by atoms with Crippen LogP contribution in [0.1, 0.15) is 29.7 Å². The third kappa shape index (κ3) is 2.95. The lowest BCUT2D eigenvalue weighted by Crippen LogP contribution is -1.99. The van der Waals surface area contributed by atoms with Crippen LogP contribution in [-0.2, 0) is 0 Å². The van der Waals surface area contributed by atoms with Gasteiger partial charge in [-0.2, -0.15) is 5.26 Å². The number of hydrogen-bond acceptors (Lipinski definition) is 3. The Kier molecular flexibility index (Phi) is 4.02. The molecule has 2 aromatic rings. The van der Waals surface area contributed by atoms with Crippen LogP contribution < -0.4 is 4.74 Å². The molecule has 1 atom stereocenters. The summed E-state index contributed by atoms with van der Waals surface area (Å²) in [5.41, 5.74) is 1.36. The van der Waals surface area contributed by atoms with Gasteiger partial charge in [0, 0.05) is 5.56 Å². The van der Waals surface area contributed by atoms with Crippen LogP contribution in [0.25, 0.3) is 0 Å². The second-order valence-electron chi connectivity index (χ2n) is 4.55. The monoisotopic (exact) mass is 271 g/mol. The quantitative estimate of drug-likeness (QED) is 0.922. The van der Waals surface area contributed by atoms with Gasteiger partial charge in [-0.15, -0.1) is 0 Å². The van der Waals surface area contributed by atoms with Gasteiger partial charge in [0.1, 0.15) is 17.3 Å². The van der Waals surface area contributed by atoms with Crippen molar-refractivity contribution in [2.75, 3.05) is 0 Å². The van der Waals surface area contributed by atoms with E-state index in [1.54, 1.807) is 44.2 Å². The van der Waals surface area contributed by atoms with E-state index in [1.165, 1.54) is 6.07 Å². The fourth-order valence-corrected chi connectivity index (χ4v) is 1.81. The predicted molar refractivity (Wildman–Crippen MR) is 73.0 cm³/mol. The SMILES string of the molecule is Cc1cc(Oc2ccc(C#N)cc2)c([C@H](C)O)cc1F. The fourth-order valence-electron chi connectivity index (χ4n) is 1.81. The average Bonchev–Trinajstić information content (AvgIpc) is 2.43. The number of benzene rings is 2. The lowest BCUT2D eigenvalue weighted by atomic mass is 10.1.